The number of benzene rings is 2. The summed E-state index contributed by atoms with van der Waals surface area (Å²) in [6, 6.07) is 15.5. The predicted octanol–water partition coefficient (Wildman–Crippen LogP) is 2.81. The molecule has 3 nitrogen and oxygen atoms in total. The molecule has 0 aromatic heterocycles. The van der Waals surface area contributed by atoms with Gasteiger partial charge in [-0.1, -0.05) is 30.3 Å². The minimum absolute atomic E-state index is 0.185. The summed E-state index contributed by atoms with van der Waals surface area (Å²) < 4.78 is 13.2. The van der Waals surface area contributed by atoms with Crippen LogP contribution in [0.5, 0.6) is 0 Å². The lowest BCUT2D eigenvalue weighted by Gasteiger charge is -2.14. The van der Waals surface area contributed by atoms with Crippen molar-refractivity contribution in [2.24, 2.45) is 5.73 Å². The Bertz CT molecular complexity index is 590. The molecular formula is C15H14FN3. The van der Waals surface area contributed by atoms with Gasteiger partial charge >= 0.3 is 0 Å². The number of hydrogen-bond acceptors (Lipinski definition) is 3. The molecule has 0 heterocycles. The second-order valence-electron chi connectivity index (χ2n) is 4.24. The molecule has 0 aliphatic carbocycles. The van der Waals surface area contributed by atoms with Crippen LogP contribution in [0.25, 0.3) is 0 Å². The van der Waals surface area contributed by atoms with Crippen molar-refractivity contribution in [3.8, 4) is 6.07 Å². The minimum atomic E-state index is -0.435. The smallest absolute Gasteiger partial charge is 0.126 e. The molecule has 2 rings (SSSR count). The van der Waals surface area contributed by atoms with Gasteiger partial charge in [-0.15, -0.1) is 0 Å². The number of nitrogens with one attached hydrogen (secondary N) is 1. The lowest BCUT2D eigenvalue weighted by Crippen LogP contribution is -2.20. The molecule has 0 spiro atoms. The molecule has 3 N–H and O–H groups in total. The van der Waals surface area contributed by atoms with Crippen molar-refractivity contribution in [2.75, 3.05) is 11.9 Å². The average molecular weight is 255 g/mol. The molecule has 96 valence electrons. The summed E-state index contributed by atoms with van der Waals surface area (Å²) in [5.74, 6) is -0.435. The Morgan fingerprint density at radius 2 is 1.95 bits per heavy atom. The van der Waals surface area contributed by atoms with Crippen LogP contribution in [0, 0.1) is 17.1 Å². The van der Waals surface area contributed by atoms with Gasteiger partial charge in [0, 0.05) is 18.3 Å². The van der Waals surface area contributed by atoms with E-state index in [9.17, 15) is 4.39 Å². The van der Waals surface area contributed by atoms with Crippen molar-refractivity contribution in [1.82, 2.24) is 0 Å². The van der Waals surface area contributed by atoms with Gasteiger partial charge in [-0.3, -0.25) is 0 Å². The highest BCUT2D eigenvalue weighted by molar-refractivity contribution is 5.50. The molecule has 0 saturated heterocycles. The summed E-state index contributed by atoms with van der Waals surface area (Å²) in [6.07, 6.45) is 0. The Hall–Kier alpha value is -2.38. The van der Waals surface area contributed by atoms with E-state index in [-0.39, 0.29) is 11.6 Å². The molecule has 0 fully saturated rings. The standard InChI is InChI=1S/C15H14FN3/c16-13-6-11(9-17)7-14(8-13)19-10-15(18)12-4-2-1-3-5-12/h1-8,15,19H,10,18H2. The van der Waals surface area contributed by atoms with Gasteiger partial charge in [0.1, 0.15) is 5.82 Å². The highest BCUT2D eigenvalue weighted by Crippen LogP contribution is 2.15. The first-order valence-electron chi connectivity index (χ1n) is 5.94. The number of nitrogens with two attached hydrogens (primary N) is 1. The van der Waals surface area contributed by atoms with Crippen LogP contribution < -0.4 is 11.1 Å². The van der Waals surface area contributed by atoms with Gasteiger partial charge in [0.2, 0.25) is 0 Å². The molecule has 0 bridgehead atoms. The molecule has 0 saturated carbocycles. The van der Waals surface area contributed by atoms with Crippen molar-refractivity contribution in [3.63, 3.8) is 0 Å². The quantitative estimate of drug-likeness (QED) is 0.883. The largest absolute Gasteiger partial charge is 0.383 e. The fraction of sp³-hybridized carbons (Fsp3) is 0.133. The summed E-state index contributed by atoms with van der Waals surface area (Å²) in [7, 11) is 0. The molecular weight excluding hydrogens is 241 g/mol. The van der Waals surface area contributed by atoms with Gasteiger partial charge in [-0.2, -0.15) is 5.26 Å². The summed E-state index contributed by atoms with van der Waals surface area (Å²) in [6.45, 7) is 0.471. The van der Waals surface area contributed by atoms with Crippen LogP contribution in [-0.2, 0) is 0 Å². The third-order valence-electron chi connectivity index (χ3n) is 2.78. The zero-order valence-corrected chi connectivity index (χ0v) is 10.3. The van der Waals surface area contributed by atoms with Crippen LogP contribution in [0.3, 0.4) is 0 Å². The Morgan fingerprint density at radius 1 is 1.21 bits per heavy atom. The van der Waals surface area contributed by atoms with Gasteiger partial charge in [-0.05, 0) is 23.8 Å². The van der Waals surface area contributed by atoms with E-state index in [1.165, 1.54) is 12.1 Å². The van der Waals surface area contributed by atoms with Gasteiger partial charge in [0.15, 0.2) is 0 Å². The first-order chi connectivity index (χ1) is 9.19. The third-order valence-corrected chi connectivity index (χ3v) is 2.78. The van der Waals surface area contributed by atoms with Crippen molar-refractivity contribution in [2.45, 2.75) is 6.04 Å². The summed E-state index contributed by atoms with van der Waals surface area (Å²) in [5, 5.41) is 11.8. The molecule has 0 aliphatic rings. The number of nitriles is 1. The fourth-order valence-electron chi connectivity index (χ4n) is 1.80. The predicted molar refractivity (Wildman–Crippen MR) is 73.0 cm³/mol. The number of anilines is 1. The molecule has 19 heavy (non-hydrogen) atoms. The van der Waals surface area contributed by atoms with Crippen LogP contribution >= 0.6 is 0 Å². The lowest BCUT2D eigenvalue weighted by atomic mass is 10.1. The first kappa shape index (κ1) is 13.1. The van der Waals surface area contributed by atoms with Crippen molar-refractivity contribution >= 4 is 5.69 Å². The van der Waals surface area contributed by atoms with Crippen LogP contribution in [0.1, 0.15) is 17.2 Å². The maximum Gasteiger partial charge on any atom is 0.126 e. The van der Waals surface area contributed by atoms with Gasteiger partial charge in [-0.25, -0.2) is 4.39 Å². The SMILES string of the molecule is N#Cc1cc(F)cc(NCC(N)c2ccccc2)c1. The molecule has 2 aromatic carbocycles. The Balaban J connectivity index is 2.03. The monoisotopic (exact) mass is 255 g/mol. The van der Waals surface area contributed by atoms with Gasteiger partial charge in [0.25, 0.3) is 0 Å². The van der Waals surface area contributed by atoms with E-state index in [1.807, 2.05) is 36.4 Å². The summed E-state index contributed by atoms with van der Waals surface area (Å²) in [4.78, 5) is 0. The van der Waals surface area contributed by atoms with E-state index in [0.717, 1.165) is 5.56 Å². The number of rotatable bonds is 4. The highest BCUT2D eigenvalue weighted by atomic mass is 19.1. The van der Waals surface area contributed by atoms with Crippen molar-refractivity contribution in [3.05, 3.63) is 65.5 Å². The summed E-state index contributed by atoms with van der Waals surface area (Å²) in [5.41, 5.74) is 7.88. The Labute approximate surface area is 111 Å². The minimum Gasteiger partial charge on any atom is -0.383 e. The zero-order valence-electron chi connectivity index (χ0n) is 10.3. The molecule has 1 atom stereocenters. The van der Waals surface area contributed by atoms with E-state index in [2.05, 4.69) is 5.32 Å². The van der Waals surface area contributed by atoms with Crippen LogP contribution in [0.4, 0.5) is 10.1 Å². The van der Waals surface area contributed by atoms with Crippen molar-refractivity contribution < 1.29 is 4.39 Å². The Morgan fingerprint density at radius 3 is 2.63 bits per heavy atom. The van der Waals surface area contributed by atoms with Gasteiger partial charge in [0.05, 0.1) is 11.6 Å². The number of halogens is 1. The lowest BCUT2D eigenvalue weighted by molar-refractivity contribution is 0.627. The maximum atomic E-state index is 13.2. The molecule has 0 amide bonds. The van der Waals surface area contributed by atoms with Crippen LogP contribution in [0.2, 0.25) is 0 Å². The molecule has 0 radical (unpaired) electrons. The summed E-state index contributed by atoms with van der Waals surface area (Å²) >= 11 is 0. The second kappa shape index (κ2) is 5.98. The van der Waals surface area contributed by atoms with Crippen molar-refractivity contribution in [1.29, 1.82) is 5.26 Å². The third kappa shape index (κ3) is 3.54. The number of nitrogens with zero attached hydrogens (tertiary/aromatic N) is 1. The van der Waals surface area contributed by atoms with Gasteiger partial charge < -0.3 is 11.1 Å². The number of hydrogen-bond donors (Lipinski definition) is 2. The second-order valence-corrected chi connectivity index (χ2v) is 4.24. The molecule has 4 heteroatoms. The van der Waals surface area contributed by atoms with E-state index in [1.54, 1.807) is 6.07 Å². The van der Waals surface area contributed by atoms with E-state index in [4.69, 9.17) is 11.0 Å². The van der Waals surface area contributed by atoms with E-state index >= 15 is 0 Å². The fourth-order valence-corrected chi connectivity index (χ4v) is 1.80. The maximum absolute atomic E-state index is 13.2. The first-order valence-corrected chi connectivity index (χ1v) is 5.94. The van der Waals surface area contributed by atoms with E-state index in [0.29, 0.717) is 12.2 Å². The van der Waals surface area contributed by atoms with E-state index < -0.39 is 5.82 Å². The average Bonchev–Trinajstić information content (AvgIpc) is 2.45. The van der Waals surface area contributed by atoms with Crippen LogP contribution in [0.15, 0.2) is 48.5 Å². The zero-order chi connectivity index (χ0) is 13.7. The molecule has 0 aliphatic heterocycles. The normalized spacial score (nSPS) is 11.6. The topological polar surface area (TPSA) is 61.8 Å². The highest BCUT2D eigenvalue weighted by Gasteiger charge is 2.06. The van der Waals surface area contributed by atoms with Crippen LogP contribution in [-0.4, -0.2) is 6.54 Å². The molecule has 2 aromatic rings. The Kier molecular flexibility index (Phi) is 4.11. The molecule has 1 unspecified atom stereocenters.